The van der Waals surface area contributed by atoms with Crippen molar-refractivity contribution >= 4 is 34.2 Å². The number of alkyl halides is 3. The van der Waals surface area contributed by atoms with Crippen LogP contribution in [0.4, 0.5) is 19.0 Å². The third-order valence-corrected chi connectivity index (χ3v) is 6.71. The van der Waals surface area contributed by atoms with Crippen LogP contribution in [0.25, 0.3) is 10.9 Å². The molecule has 0 spiro atoms. The Labute approximate surface area is 183 Å². The van der Waals surface area contributed by atoms with E-state index in [1.807, 2.05) is 4.90 Å². The summed E-state index contributed by atoms with van der Waals surface area (Å²) in [6, 6.07) is 6.71. The number of amides is 1. The summed E-state index contributed by atoms with van der Waals surface area (Å²) in [6.07, 6.45) is -1.03. The van der Waals surface area contributed by atoms with E-state index in [9.17, 15) is 23.1 Å². The van der Waals surface area contributed by atoms with E-state index in [2.05, 4.69) is 10.3 Å². The van der Waals surface area contributed by atoms with Gasteiger partial charge in [-0.25, -0.2) is 18.2 Å². The molecule has 3 atom stereocenters. The summed E-state index contributed by atoms with van der Waals surface area (Å²) in [5, 5.41) is 14.1. The molecule has 1 amide bonds. The molecule has 5 nitrogen and oxygen atoms in total. The van der Waals surface area contributed by atoms with Gasteiger partial charge in [0.15, 0.2) is 0 Å². The van der Waals surface area contributed by atoms with Gasteiger partial charge in [-0.05, 0) is 43.5 Å². The Morgan fingerprint density at radius 1 is 1.32 bits per heavy atom. The van der Waals surface area contributed by atoms with E-state index in [1.54, 1.807) is 24.3 Å². The Balaban J connectivity index is 1.53. The van der Waals surface area contributed by atoms with Crippen molar-refractivity contribution in [1.29, 1.82) is 0 Å². The monoisotopic (exact) mass is 455 g/mol. The highest BCUT2D eigenvalue weighted by Gasteiger charge is 2.47. The highest BCUT2D eigenvalue weighted by molar-refractivity contribution is 6.35. The topological polar surface area (TPSA) is 65.5 Å². The van der Waals surface area contributed by atoms with Gasteiger partial charge in [0.05, 0.1) is 28.2 Å². The molecule has 1 saturated heterocycles. The SMILES string of the molecule is CC1CC(O)(CNC(=O)c2c(Cl)ccc3nc(N4CC[C@@H](F)C4)ccc23)CCC1(F)F. The Morgan fingerprint density at radius 3 is 2.77 bits per heavy atom. The number of nitrogens with zero attached hydrogens (tertiary/aromatic N) is 2. The van der Waals surface area contributed by atoms with Crippen molar-refractivity contribution in [1.82, 2.24) is 10.3 Å². The molecule has 1 aromatic carbocycles. The number of halogens is 4. The van der Waals surface area contributed by atoms with Crippen LogP contribution in [0.2, 0.25) is 5.02 Å². The number of hydrogen-bond acceptors (Lipinski definition) is 4. The van der Waals surface area contributed by atoms with Gasteiger partial charge in [0, 0.05) is 30.8 Å². The van der Waals surface area contributed by atoms with Gasteiger partial charge in [0.1, 0.15) is 12.0 Å². The maximum absolute atomic E-state index is 13.8. The molecule has 2 aromatic rings. The highest BCUT2D eigenvalue weighted by atomic mass is 35.5. The summed E-state index contributed by atoms with van der Waals surface area (Å²) >= 11 is 6.29. The molecule has 2 N–H and O–H groups in total. The summed E-state index contributed by atoms with van der Waals surface area (Å²) in [4.78, 5) is 19.3. The second-order valence-electron chi connectivity index (χ2n) is 8.76. The van der Waals surface area contributed by atoms with E-state index >= 15 is 0 Å². The molecule has 1 aliphatic carbocycles. The maximum atomic E-state index is 13.8. The Hall–Kier alpha value is -2.06. The third-order valence-electron chi connectivity index (χ3n) is 6.40. The largest absolute Gasteiger partial charge is 0.388 e. The van der Waals surface area contributed by atoms with Gasteiger partial charge in [-0.1, -0.05) is 18.5 Å². The van der Waals surface area contributed by atoms with Crippen LogP contribution < -0.4 is 10.2 Å². The molecule has 2 unspecified atom stereocenters. The Morgan fingerprint density at radius 2 is 2.10 bits per heavy atom. The van der Waals surface area contributed by atoms with Crippen molar-refractivity contribution in [2.75, 3.05) is 24.5 Å². The normalized spacial score (nSPS) is 28.1. The molecule has 4 rings (SSSR count). The molecule has 1 aliphatic heterocycles. The summed E-state index contributed by atoms with van der Waals surface area (Å²) in [6.45, 7) is 2.13. The van der Waals surface area contributed by atoms with Crippen LogP contribution in [0, 0.1) is 5.92 Å². The third kappa shape index (κ3) is 4.46. The van der Waals surface area contributed by atoms with E-state index in [-0.39, 0.29) is 36.5 Å². The van der Waals surface area contributed by atoms with Crippen LogP contribution in [0.1, 0.15) is 43.0 Å². The first-order chi connectivity index (χ1) is 14.6. The number of fused-ring (bicyclic) bond motifs is 1. The molecule has 168 valence electrons. The van der Waals surface area contributed by atoms with Crippen molar-refractivity contribution in [3.63, 3.8) is 0 Å². The van der Waals surface area contributed by atoms with Crippen LogP contribution in [-0.2, 0) is 0 Å². The minimum atomic E-state index is -2.81. The molecule has 2 aliphatic rings. The molecule has 9 heteroatoms. The number of carbonyl (C=O) groups excluding carboxylic acids is 1. The summed E-state index contributed by atoms with van der Waals surface area (Å²) in [7, 11) is 0. The first kappa shape index (κ1) is 22.1. The molecule has 2 heterocycles. The number of nitrogens with one attached hydrogen (secondary N) is 1. The highest BCUT2D eigenvalue weighted by Crippen LogP contribution is 2.42. The lowest BCUT2D eigenvalue weighted by atomic mass is 9.76. The van der Waals surface area contributed by atoms with Crippen molar-refractivity contribution in [2.45, 2.75) is 50.3 Å². The summed E-state index contributed by atoms with van der Waals surface area (Å²) in [5.41, 5.74) is -0.641. The van der Waals surface area contributed by atoms with Crippen LogP contribution >= 0.6 is 11.6 Å². The van der Waals surface area contributed by atoms with Crippen LogP contribution in [0.5, 0.6) is 0 Å². The van der Waals surface area contributed by atoms with Crippen molar-refractivity contribution in [3.8, 4) is 0 Å². The van der Waals surface area contributed by atoms with Gasteiger partial charge >= 0.3 is 0 Å². The molecule has 2 fully saturated rings. The van der Waals surface area contributed by atoms with E-state index in [0.717, 1.165) is 0 Å². The van der Waals surface area contributed by atoms with Gasteiger partial charge in [-0.15, -0.1) is 0 Å². The number of benzene rings is 1. The smallest absolute Gasteiger partial charge is 0.253 e. The van der Waals surface area contributed by atoms with Crippen molar-refractivity contribution in [3.05, 3.63) is 34.9 Å². The molecule has 1 saturated carbocycles. The predicted octanol–water partition coefficient (Wildman–Crippen LogP) is 4.35. The van der Waals surface area contributed by atoms with Gasteiger partial charge in [-0.2, -0.15) is 0 Å². The zero-order chi connectivity index (χ0) is 22.4. The van der Waals surface area contributed by atoms with Gasteiger partial charge in [0.25, 0.3) is 11.8 Å². The first-order valence-electron chi connectivity index (χ1n) is 10.4. The standard InChI is InChI=1S/C22H25ClF3N3O2/c1-13-10-21(31,7-8-22(13,25)26)12-27-20(30)19-15-2-5-18(29-9-6-14(24)11-29)28-17(15)4-3-16(19)23/h2-5,13-14,31H,6-12H2,1H3,(H,27,30)/t13?,14-,21?/m1/s1. The van der Waals surface area contributed by atoms with E-state index in [0.29, 0.717) is 29.7 Å². The lowest BCUT2D eigenvalue weighted by Gasteiger charge is -2.40. The fraction of sp³-hybridized carbons (Fsp3) is 0.545. The summed E-state index contributed by atoms with van der Waals surface area (Å²) < 4.78 is 41.0. The first-order valence-corrected chi connectivity index (χ1v) is 10.8. The fourth-order valence-corrected chi connectivity index (χ4v) is 4.71. The molecule has 0 radical (unpaired) electrons. The van der Waals surface area contributed by atoms with E-state index < -0.39 is 35.9 Å². The number of rotatable bonds is 4. The minimum absolute atomic E-state index is 0.0931. The second-order valence-corrected chi connectivity index (χ2v) is 9.17. The number of aliphatic hydroxyl groups is 1. The number of hydrogen-bond donors (Lipinski definition) is 2. The maximum Gasteiger partial charge on any atom is 0.253 e. The van der Waals surface area contributed by atoms with Crippen LogP contribution in [0.15, 0.2) is 24.3 Å². The van der Waals surface area contributed by atoms with Crippen LogP contribution in [0.3, 0.4) is 0 Å². The lowest BCUT2D eigenvalue weighted by molar-refractivity contribution is -0.138. The zero-order valence-corrected chi connectivity index (χ0v) is 17.9. The van der Waals surface area contributed by atoms with Gasteiger partial charge in [-0.3, -0.25) is 4.79 Å². The number of pyridine rings is 1. The van der Waals surface area contributed by atoms with Crippen LogP contribution in [-0.4, -0.2) is 53.3 Å². The molecular formula is C22H25ClF3N3O2. The van der Waals surface area contributed by atoms with E-state index in [1.165, 1.54) is 6.92 Å². The molecule has 31 heavy (non-hydrogen) atoms. The van der Waals surface area contributed by atoms with E-state index in [4.69, 9.17) is 11.6 Å². The minimum Gasteiger partial charge on any atom is -0.388 e. The molecule has 0 bridgehead atoms. The molecule has 1 aromatic heterocycles. The molecular weight excluding hydrogens is 431 g/mol. The average molecular weight is 456 g/mol. The fourth-order valence-electron chi connectivity index (χ4n) is 4.46. The number of anilines is 1. The average Bonchev–Trinajstić information content (AvgIpc) is 3.16. The van der Waals surface area contributed by atoms with Crippen molar-refractivity contribution < 1.29 is 23.1 Å². The number of carbonyl (C=O) groups is 1. The Kier molecular flexibility index (Phi) is 5.81. The van der Waals surface area contributed by atoms with Gasteiger partial charge in [0.2, 0.25) is 0 Å². The van der Waals surface area contributed by atoms with Gasteiger partial charge < -0.3 is 15.3 Å². The lowest BCUT2D eigenvalue weighted by Crippen LogP contribution is -2.50. The summed E-state index contributed by atoms with van der Waals surface area (Å²) in [5.74, 6) is -3.65. The van der Waals surface area contributed by atoms with Crippen molar-refractivity contribution in [2.24, 2.45) is 5.92 Å². The quantitative estimate of drug-likeness (QED) is 0.719. The zero-order valence-electron chi connectivity index (χ0n) is 17.2. The second kappa shape index (κ2) is 8.13. The number of aromatic nitrogens is 1. The Bertz CT molecular complexity index is 1010. The predicted molar refractivity (Wildman–Crippen MR) is 114 cm³/mol.